The van der Waals surface area contributed by atoms with Crippen molar-refractivity contribution in [3.63, 3.8) is 0 Å². The highest BCUT2D eigenvalue weighted by Gasteiger charge is 2.11. The molecule has 5 heteroatoms. The van der Waals surface area contributed by atoms with Crippen LogP contribution < -0.4 is 5.32 Å². The number of carbonyl (C=O) groups is 1. The summed E-state index contributed by atoms with van der Waals surface area (Å²) in [7, 11) is 0. The standard InChI is InChI=1S/C12H25NO3S/c1-9(2)16-7-5-6-13-12(15)8-17-11(4)10(3)14/h9-11,14H,5-8H2,1-4H3,(H,13,15). The molecule has 0 spiro atoms. The number of aliphatic hydroxyl groups excluding tert-OH is 1. The molecule has 0 aromatic heterocycles. The maximum atomic E-state index is 11.4. The van der Waals surface area contributed by atoms with Crippen molar-refractivity contribution >= 4 is 17.7 Å². The number of aliphatic hydroxyl groups is 1. The number of nitrogens with one attached hydrogen (secondary N) is 1. The van der Waals surface area contributed by atoms with Gasteiger partial charge in [-0.05, 0) is 27.2 Å². The fourth-order valence-electron chi connectivity index (χ4n) is 1.02. The van der Waals surface area contributed by atoms with Gasteiger partial charge in [0.15, 0.2) is 0 Å². The van der Waals surface area contributed by atoms with Crippen LogP contribution in [0.2, 0.25) is 0 Å². The minimum Gasteiger partial charge on any atom is -0.392 e. The summed E-state index contributed by atoms with van der Waals surface area (Å²) in [5.74, 6) is 0.420. The van der Waals surface area contributed by atoms with Gasteiger partial charge in [0.05, 0.1) is 18.0 Å². The lowest BCUT2D eigenvalue weighted by Crippen LogP contribution is -2.28. The van der Waals surface area contributed by atoms with E-state index in [9.17, 15) is 9.90 Å². The SMILES string of the molecule is CC(C)OCCCNC(=O)CSC(C)C(C)O. The van der Waals surface area contributed by atoms with Gasteiger partial charge in [-0.1, -0.05) is 6.92 Å². The van der Waals surface area contributed by atoms with E-state index in [0.717, 1.165) is 6.42 Å². The highest BCUT2D eigenvalue weighted by atomic mass is 32.2. The van der Waals surface area contributed by atoms with Crippen molar-refractivity contribution in [1.82, 2.24) is 5.32 Å². The largest absolute Gasteiger partial charge is 0.392 e. The minimum absolute atomic E-state index is 0.0204. The van der Waals surface area contributed by atoms with Gasteiger partial charge in [-0.25, -0.2) is 0 Å². The fraction of sp³-hybridized carbons (Fsp3) is 0.917. The molecule has 1 amide bonds. The zero-order valence-corrected chi connectivity index (χ0v) is 12.0. The van der Waals surface area contributed by atoms with Gasteiger partial charge in [0, 0.05) is 18.4 Å². The molecule has 2 N–H and O–H groups in total. The molecule has 0 bridgehead atoms. The molecule has 2 unspecified atom stereocenters. The number of carbonyl (C=O) groups excluding carboxylic acids is 1. The minimum atomic E-state index is -0.382. The Morgan fingerprint density at radius 2 is 2.00 bits per heavy atom. The molecule has 0 rings (SSSR count). The predicted octanol–water partition coefficient (Wildman–Crippen LogP) is 1.42. The molecule has 0 saturated heterocycles. The first-order valence-corrected chi connectivity index (χ1v) is 7.16. The third-order valence-electron chi connectivity index (χ3n) is 2.25. The Kier molecular flexibility index (Phi) is 9.59. The lowest BCUT2D eigenvalue weighted by Gasteiger charge is -2.13. The summed E-state index contributed by atoms with van der Waals surface area (Å²) >= 11 is 1.47. The number of hydrogen-bond donors (Lipinski definition) is 2. The lowest BCUT2D eigenvalue weighted by atomic mass is 10.3. The van der Waals surface area contributed by atoms with E-state index in [2.05, 4.69) is 5.32 Å². The Balaban J connectivity index is 3.41. The van der Waals surface area contributed by atoms with Crippen molar-refractivity contribution in [2.75, 3.05) is 18.9 Å². The van der Waals surface area contributed by atoms with Crippen LogP contribution in [0.25, 0.3) is 0 Å². The van der Waals surface area contributed by atoms with Crippen molar-refractivity contribution < 1.29 is 14.6 Å². The summed E-state index contributed by atoms with van der Waals surface area (Å²) in [6, 6.07) is 0. The van der Waals surface area contributed by atoms with E-state index in [1.807, 2.05) is 20.8 Å². The van der Waals surface area contributed by atoms with Crippen LogP contribution in [0.1, 0.15) is 34.1 Å². The molecule has 0 aliphatic carbocycles. The normalized spacial score (nSPS) is 14.7. The Hall–Kier alpha value is -0.260. The second-order valence-corrected chi connectivity index (χ2v) is 5.75. The molecule has 0 saturated carbocycles. The van der Waals surface area contributed by atoms with Gasteiger partial charge in [-0.3, -0.25) is 4.79 Å². The Morgan fingerprint density at radius 1 is 1.35 bits per heavy atom. The van der Waals surface area contributed by atoms with Gasteiger partial charge in [0.2, 0.25) is 5.91 Å². The Labute approximate surface area is 108 Å². The smallest absolute Gasteiger partial charge is 0.230 e. The van der Waals surface area contributed by atoms with Gasteiger partial charge in [0.1, 0.15) is 0 Å². The quantitative estimate of drug-likeness (QED) is 0.618. The number of ether oxygens (including phenoxy) is 1. The molecule has 0 aliphatic rings. The van der Waals surface area contributed by atoms with E-state index in [0.29, 0.717) is 18.9 Å². The molecular formula is C12H25NO3S. The van der Waals surface area contributed by atoms with Crippen LogP contribution in [0, 0.1) is 0 Å². The first-order valence-electron chi connectivity index (χ1n) is 6.11. The molecule has 17 heavy (non-hydrogen) atoms. The highest BCUT2D eigenvalue weighted by Crippen LogP contribution is 2.13. The van der Waals surface area contributed by atoms with Crippen molar-refractivity contribution in [3.05, 3.63) is 0 Å². The number of hydrogen-bond acceptors (Lipinski definition) is 4. The molecule has 0 aromatic rings. The average Bonchev–Trinajstić information content (AvgIpc) is 2.24. The van der Waals surface area contributed by atoms with Gasteiger partial charge >= 0.3 is 0 Å². The van der Waals surface area contributed by atoms with E-state index in [-0.39, 0.29) is 23.4 Å². The number of thioether (sulfide) groups is 1. The Morgan fingerprint density at radius 3 is 2.53 bits per heavy atom. The maximum Gasteiger partial charge on any atom is 0.230 e. The molecule has 102 valence electrons. The summed E-state index contributed by atoms with van der Waals surface area (Å²) in [6.07, 6.45) is 0.695. The van der Waals surface area contributed by atoms with Gasteiger partial charge in [-0.2, -0.15) is 0 Å². The number of amides is 1. The van der Waals surface area contributed by atoms with E-state index in [4.69, 9.17) is 4.74 Å². The van der Waals surface area contributed by atoms with Crippen molar-refractivity contribution in [2.24, 2.45) is 0 Å². The average molecular weight is 263 g/mol. The second-order valence-electron chi connectivity index (χ2n) is 4.38. The third-order valence-corrected chi connectivity index (χ3v) is 3.60. The fourth-order valence-corrected chi connectivity index (χ4v) is 1.81. The summed E-state index contributed by atoms with van der Waals surface area (Å²) in [6.45, 7) is 8.96. The van der Waals surface area contributed by atoms with Crippen LogP contribution in [-0.4, -0.2) is 47.4 Å². The van der Waals surface area contributed by atoms with E-state index >= 15 is 0 Å². The molecule has 0 radical (unpaired) electrons. The van der Waals surface area contributed by atoms with Crippen molar-refractivity contribution in [2.45, 2.75) is 51.6 Å². The first-order chi connectivity index (χ1) is 7.93. The van der Waals surface area contributed by atoms with Crippen LogP contribution in [0.4, 0.5) is 0 Å². The molecule has 0 aliphatic heterocycles. The second kappa shape index (κ2) is 9.74. The van der Waals surface area contributed by atoms with Crippen LogP contribution in [0.3, 0.4) is 0 Å². The van der Waals surface area contributed by atoms with Crippen LogP contribution in [0.15, 0.2) is 0 Å². The van der Waals surface area contributed by atoms with Crippen LogP contribution in [-0.2, 0) is 9.53 Å². The van der Waals surface area contributed by atoms with Crippen LogP contribution in [0.5, 0.6) is 0 Å². The molecule has 4 nitrogen and oxygen atoms in total. The van der Waals surface area contributed by atoms with E-state index in [1.165, 1.54) is 11.8 Å². The zero-order valence-electron chi connectivity index (χ0n) is 11.2. The molecule has 0 aromatic carbocycles. The van der Waals surface area contributed by atoms with Crippen molar-refractivity contribution in [1.29, 1.82) is 0 Å². The maximum absolute atomic E-state index is 11.4. The van der Waals surface area contributed by atoms with Gasteiger partial charge < -0.3 is 15.2 Å². The van der Waals surface area contributed by atoms with Crippen LogP contribution >= 0.6 is 11.8 Å². The zero-order chi connectivity index (χ0) is 13.3. The summed E-state index contributed by atoms with van der Waals surface area (Å²) in [4.78, 5) is 11.4. The van der Waals surface area contributed by atoms with Gasteiger partial charge in [-0.15, -0.1) is 11.8 Å². The monoisotopic (exact) mass is 263 g/mol. The first kappa shape index (κ1) is 16.7. The van der Waals surface area contributed by atoms with Crippen molar-refractivity contribution in [3.8, 4) is 0 Å². The summed E-state index contributed by atoms with van der Waals surface area (Å²) in [5, 5.41) is 12.2. The molecule has 0 heterocycles. The predicted molar refractivity (Wildman–Crippen MR) is 72.3 cm³/mol. The number of rotatable bonds is 9. The lowest BCUT2D eigenvalue weighted by molar-refractivity contribution is -0.118. The van der Waals surface area contributed by atoms with Gasteiger partial charge in [0.25, 0.3) is 0 Å². The molecule has 0 fully saturated rings. The Bertz CT molecular complexity index is 210. The summed E-state index contributed by atoms with van der Waals surface area (Å²) < 4.78 is 5.36. The van der Waals surface area contributed by atoms with E-state index in [1.54, 1.807) is 6.92 Å². The van der Waals surface area contributed by atoms with E-state index < -0.39 is 0 Å². The molecule has 2 atom stereocenters. The highest BCUT2D eigenvalue weighted by molar-refractivity contribution is 8.00. The summed E-state index contributed by atoms with van der Waals surface area (Å²) in [5.41, 5.74) is 0. The topological polar surface area (TPSA) is 58.6 Å². The molecular weight excluding hydrogens is 238 g/mol. The third kappa shape index (κ3) is 10.6.